The topological polar surface area (TPSA) is 68.7 Å². The van der Waals surface area contributed by atoms with Crippen molar-refractivity contribution in [2.45, 2.75) is 13.5 Å². The number of rotatable bonds is 4. The van der Waals surface area contributed by atoms with E-state index in [1.807, 2.05) is 31.2 Å². The Morgan fingerprint density at radius 2 is 1.92 bits per heavy atom. The zero-order valence-corrected chi connectivity index (χ0v) is 13.6. The molecule has 1 fully saturated rings. The summed E-state index contributed by atoms with van der Waals surface area (Å²) in [6.07, 6.45) is 0. The van der Waals surface area contributed by atoms with E-state index in [0.29, 0.717) is 12.5 Å². The quantitative estimate of drug-likeness (QED) is 0.920. The summed E-state index contributed by atoms with van der Waals surface area (Å²) in [6, 6.07) is 7.93. The average molecular weight is 328 g/mol. The molecular weight excluding hydrogens is 308 g/mol. The van der Waals surface area contributed by atoms with Crippen LogP contribution in [-0.2, 0) is 11.3 Å². The van der Waals surface area contributed by atoms with Crippen molar-refractivity contribution in [2.24, 2.45) is 0 Å². The Bertz CT molecular complexity index is 732. The molecule has 126 valence electrons. The van der Waals surface area contributed by atoms with E-state index in [-0.39, 0.29) is 6.79 Å². The zero-order chi connectivity index (χ0) is 16.4. The number of benzene rings is 1. The van der Waals surface area contributed by atoms with Gasteiger partial charge in [-0.05, 0) is 24.6 Å². The lowest BCUT2D eigenvalue weighted by Crippen LogP contribution is -2.37. The van der Waals surface area contributed by atoms with E-state index in [0.717, 1.165) is 54.9 Å². The maximum atomic E-state index is 5.41. The van der Waals surface area contributed by atoms with E-state index < -0.39 is 0 Å². The molecular formula is C17H20N4O3. The number of hydrogen-bond donors (Lipinski definition) is 1. The molecule has 7 heteroatoms. The van der Waals surface area contributed by atoms with Crippen LogP contribution in [0.3, 0.4) is 0 Å². The first kappa shape index (κ1) is 15.0. The summed E-state index contributed by atoms with van der Waals surface area (Å²) >= 11 is 0. The summed E-state index contributed by atoms with van der Waals surface area (Å²) in [4.78, 5) is 11.3. The van der Waals surface area contributed by atoms with E-state index in [4.69, 9.17) is 14.2 Å². The molecule has 24 heavy (non-hydrogen) atoms. The first-order valence-electron chi connectivity index (χ1n) is 8.09. The lowest BCUT2D eigenvalue weighted by molar-refractivity contribution is 0.122. The molecule has 2 aliphatic heterocycles. The first-order valence-corrected chi connectivity index (χ1v) is 8.09. The summed E-state index contributed by atoms with van der Waals surface area (Å²) in [6.45, 7) is 6.10. The molecule has 0 unspecified atom stereocenters. The minimum Gasteiger partial charge on any atom is -0.454 e. The van der Waals surface area contributed by atoms with Gasteiger partial charge >= 0.3 is 0 Å². The predicted molar refractivity (Wildman–Crippen MR) is 89.7 cm³/mol. The first-order chi connectivity index (χ1) is 11.8. The monoisotopic (exact) mass is 328 g/mol. The van der Waals surface area contributed by atoms with Gasteiger partial charge in [0.05, 0.1) is 13.2 Å². The van der Waals surface area contributed by atoms with Crippen LogP contribution in [0.25, 0.3) is 0 Å². The second-order valence-corrected chi connectivity index (χ2v) is 5.83. The smallest absolute Gasteiger partial charge is 0.231 e. The molecule has 1 N–H and O–H groups in total. The van der Waals surface area contributed by atoms with Crippen molar-refractivity contribution in [3.63, 3.8) is 0 Å². The maximum absolute atomic E-state index is 5.41. The third kappa shape index (κ3) is 3.21. The third-order valence-electron chi connectivity index (χ3n) is 4.06. The average Bonchev–Trinajstić information content (AvgIpc) is 3.08. The van der Waals surface area contributed by atoms with Gasteiger partial charge in [-0.2, -0.15) is 4.98 Å². The molecule has 2 aliphatic rings. The van der Waals surface area contributed by atoms with Crippen LogP contribution in [0.1, 0.15) is 11.3 Å². The Kier molecular flexibility index (Phi) is 4.08. The molecule has 0 radical (unpaired) electrons. The molecule has 1 aromatic heterocycles. The Labute approximate surface area is 140 Å². The van der Waals surface area contributed by atoms with Crippen LogP contribution >= 0.6 is 0 Å². The van der Waals surface area contributed by atoms with Crippen molar-refractivity contribution in [3.05, 3.63) is 35.5 Å². The highest BCUT2D eigenvalue weighted by atomic mass is 16.7. The van der Waals surface area contributed by atoms with Crippen LogP contribution in [0.15, 0.2) is 24.3 Å². The minimum atomic E-state index is 0.288. The summed E-state index contributed by atoms with van der Waals surface area (Å²) < 4.78 is 16.1. The molecule has 0 amide bonds. The van der Waals surface area contributed by atoms with Gasteiger partial charge in [0.15, 0.2) is 11.5 Å². The summed E-state index contributed by atoms with van der Waals surface area (Å²) in [5.41, 5.74) is 2.04. The molecule has 2 aromatic rings. The maximum Gasteiger partial charge on any atom is 0.231 e. The van der Waals surface area contributed by atoms with Crippen molar-refractivity contribution < 1.29 is 14.2 Å². The van der Waals surface area contributed by atoms with E-state index in [1.54, 1.807) is 0 Å². The molecule has 3 heterocycles. The number of ether oxygens (including phenoxy) is 3. The van der Waals surface area contributed by atoms with Crippen molar-refractivity contribution in [3.8, 4) is 11.5 Å². The van der Waals surface area contributed by atoms with Gasteiger partial charge in [0.2, 0.25) is 12.7 Å². The molecule has 1 aromatic carbocycles. The van der Waals surface area contributed by atoms with Gasteiger partial charge in [0.1, 0.15) is 5.82 Å². The van der Waals surface area contributed by atoms with Gasteiger partial charge < -0.3 is 24.4 Å². The molecule has 0 bridgehead atoms. The van der Waals surface area contributed by atoms with E-state index in [2.05, 4.69) is 20.2 Å². The van der Waals surface area contributed by atoms with Crippen LogP contribution in [0.4, 0.5) is 11.8 Å². The Morgan fingerprint density at radius 3 is 2.79 bits per heavy atom. The van der Waals surface area contributed by atoms with Gasteiger partial charge in [-0.3, -0.25) is 0 Å². The summed E-state index contributed by atoms with van der Waals surface area (Å²) in [5.74, 6) is 3.15. The number of aromatic nitrogens is 2. The number of nitrogens with zero attached hydrogens (tertiary/aromatic N) is 3. The number of nitrogens with one attached hydrogen (secondary N) is 1. The van der Waals surface area contributed by atoms with Crippen molar-refractivity contribution >= 4 is 11.8 Å². The third-order valence-corrected chi connectivity index (χ3v) is 4.06. The highest BCUT2D eigenvalue weighted by Gasteiger charge is 2.15. The Morgan fingerprint density at radius 1 is 1.08 bits per heavy atom. The Balaban J connectivity index is 1.47. The number of aryl methyl sites for hydroxylation is 1. The molecule has 0 aliphatic carbocycles. The van der Waals surface area contributed by atoms with Gasteiger partial charge in [-0.25, -0.2) is 4.98 Å². The minimum absolute atomic E-state index is 0.288. The lowest BCUT2D eigenvalue weighted by atomic mass is 10.2. The van der Waals surface area contributed by atoms with Crippen molar-refractivity contribution in [1.29, 1.82) is 0 Å². The fraction of sp³-hybridized carbons (Fsp3) is 0.412. The molecule has 1 saturated heterocycles. The second-order valence-electron chi connectivity index (χ2n) is 5.83. The molecule has 0 spiro atoms. The number of hydrogen-bond acceptors (Lipinski definition) is 7. The van der Waals surface area contributed by atoms with E-state index in [9.17, 15) is 0 Å². The highest BCUT2D eigenvalue weighted by molar-refractivity contribution is 5.47. The van der Waals surface area contributed by atoms with Crippen LogP contribution in [0.5, 0.6) is 11.5 Å². The van der Waals surface area contributed by atoms with Crippen LogP contribution in [0.2, 0.25) is 0 Å². The van der Waals surface area contributed by atoms with Gasteiger partial charge in [-0.1, -0.05) is 6.07 Å². The van der Waals surface area contributed by atoms with Gasteiger partial charge in [-0.15, -0.1) is 0 Å². The molecule has 7 nitrogen and oxygen atoms in total. The molecule has 0 saturated carbocycles. The number of anilines is 2. The van der Waals surface area contributed by atoms with Crippen LogP contribution in [0, 0.1) is 6.92 Å². The van der Waals surface area contributed by atoms with E-state index in [1.165, 1.54) is 0 Å². The standard InChI is InChI=1S/C17H20N4O3/c1-12-8-16(21-4-6-22-7-5-21)20-17(19-12)18-10-13-2-3-14-15(9-13)24-11-23-14/h2-3,8-9H,4-7,10-11H2,1H3,(H,18,19,20). The molecule has 4 rings (SSSR count). The number of morpholine rings is 1. The van der Waals surface area contributed by atoms with Crippen molar-refractivity contribution in [2.75, 3.05) is 43.3 Å². The van der Waals surface area contributed by atoms with E-state index >= 15 is 0 Å². The van der Waals surface area contributed by atoms with Crippen LogP contribution in [-0.4, -0.2) is 43.1 Å². The van der Waals surface area contributed by atoms with Crippen LogP contribution < -0.4 is 19.7 Å². The number of fused-ring (bicyclic) bond motifs is 1. The fourth-order valence-electron chi connectivity index (χ4n) is 2.82. The normalized spacial score (nSPS) is 16.3. The lowest BCUT2D eigenvalue weighted by Gasteiger charge is -2.28. The highest BCUT2D eigenvalue weighted by Crippen LogP contribution is 2.32. The SMILES string of the molecule is Cc1cc(N2CCOCC2)nc(NCc2ccc3c(c2)OCO3)n1. The molecule has 0 atom stereocenters. The van der Waals surface area contributed by atoms with Gasteiger partial charge in [0.25, 0.3) is 0 Å². The van der Waals surface area contributed by atoms with Gasteiger partial charge in [0, 0.05) is 31.4 Å². The van der Waals surface area contributed by atoms with Crippen molar-refractivity contribution in [1.82, 2.24) is 9.97 Å². The largest absolute Gasteiger partial charge is 0.454 e. The predicted octanol–water partition coefficient (Wildman–Crippen LogP) is 1.96. The fourth-order valence-corrected chi connectivity index (χ4v) is 2.82. The summed E-state index contributed by atoms with van der Waals surface area (Å²) in [5, 5.41) is 3.30. The summed E-state index contributed by atoms with van der Waals surface area (Å²) in [7, 11) is 0. The second kappa shape index (κ2) is 6.52. The Hall–Kier alpha value is -2.54. The zero-order valence-electron chi connectivity index (χ0n) is 13.6.